The molecule has 0 aliphatic rings. The molecule has 0 aromatic heterocycles. The van der Waals surface area contributed by atoms with E-state index in [0.717, 1.165) is 11.1 Å². The molecule has 0 aliphatic carbocycles. The average molecular weight is 400 g/mol. The molecule has 1 aromatic rings. The molecule has 0 spiro atoms. The zero-order valence-corrected chi connectivity index (χ0v) is 13.3. The van der Waals surface area contributed by atoms with Gasteiger partial charge in [-0.15, -0.1) is 0 Å². The van der Waals surface area contributed by atoms with Gasteiger partial charge < -0.3 is 0 Å². The van der Waals surface area contributed by atoms with Gasteiger partial charge in [0.05, 0.1) is 0 Å². The summed E-state index contributed by atoms with van der Waals surface area (Å²) in [4.78, 5) is 0. The van der Waals surface area contributed by atoms with Crippen molar-refractivity contribution in [2.45, 2.75) is 19.1 Å². The van der Waals surface area contributed by atoms with E-state index in [1.807, 2.05) is 18.2 Å². The Balaban J connectivity index is 2.56. The molecule has 1 aromatic carbocycles. The van der Waals surface area contributed by atoms with Gasteiger partial charge in [0.15, 0.2) is 0 Å². The Morgan fingerprint density at radius 3 is 2.80 bits per heavy atom. The maximum atomic E-state index is 9.59. The van der Waals surface area contributed by atoms with Crippen LogP contribution >= 0.6 is 0 Å². The molecule has 0 fully saturated rings. The van der Waals surface area contributed by atoms with Crippen LogP contribution in [0.4, 0.5) is 0 Å². The van der Waals surface area contributed by atoms with Crippen LogP contribution in [0.2, 0.25) is 0 Å². The van der Waals surface area contributed by atoms with Gasteiger partial charge in [-0.05, 0) is 0 Å². The molecule has 0 bridgehead atoms. The summed E-state index contributed by atoms with van der Waals surface area (Å²) in [5, 5.41) is 9.59. The number of ether oxygens (including phenoxy) is 1. The molecule has 0 saturated heterocycles. The van der Waals surface area contributed by atoms with Crippen LogP contribution in [0.1, 0.15) is 11.1 Å². The topological polar surface area (TPSA) is 38.7 Å². The van der Waals surface area contributed by atoms with Gasteiger partial charge in [0.25, 0.3) is 0 Å². The second-order valence-corrected chi connectivity index (χ2v) is 4.74. The predicted octanol–water partition coefficient (Wildman–Crippen LogP) is 0.837. The summed E-state index contributed by atoms with van der Waals surface area (Å²) in [6.07, 6.45) is 0.248. The van der Waals surface area contributed by atoms with Crippen molar-refractivity contribution in [2.75, 3.05) is 13.7 Å². The Kier molecular flexibility index (Phi) is 6.39. The first kappa shape index (κ1) is 13.1. The van der Waals surface area contributed by atoms with Crippen LogP contribution in [-0.4, -0.2) is 51.1 Å². The SMILES string of the molecule is COCc1cccc(C[C@H](O)C[O][Tl])c1. The average Bonchev–Trinajstić information content (AvgIpc) is 2.19. The van der Waals surface area contributed by atoms with Crippen LogP contribution in [0.3, 0.4) is 0 Å². The van der Waals surface area contributed by atoms with Gasteiger partial charge in [-0.3, -0.25) is 0 Å². The van der Waals surface area contributed by atoms with Crippen molar-refractivity contribution < 1.29 is 12.5 Å². The number of rotatable bonds is 6. The van der Waals surface area contributed by atoms with E-state index in [1.165, 1.54) is 0 Å². The third-order valence-corrected chi connectivity index (χ3v) is 2.81. The second kappa shape index (κ2) is 7.32. The third kappa shape index (κ3) is 5.06. The molecule has 0 heterocycles. The summed E-state index contributed by atoms with van der Waals surface area (Å²) in [6, 6.07) is 8.07. The number of aliphatic hydroxyl groups excluding tert-OH is 1. The van der Waals surface area contributed by atoms with E-state index >= 15 is 0 Å². The molecular formula is C11H15O3Tl. The Morgan fingerprint density at radius 1 is 1.40 bits per heavy atom. The Hall–Kier alpha value is 0.0221. The molecule has 1 rings (SSSR count). The van der Waals surface area contributed by atoms with E-state index in [0.29, 0.717) is 45.9 Å². The van der Waals surface area contributed by atoms with Crippen molar-refractivity contribution in [2.24, 2.45) is 0 Å². The number of benzene rings is 1. The molecule has 3 nitrogen and oxygen atoms in total. The van der Waals surface area contributed by atoms with E-state index in [9.17, 15) is 5.11 Å². The van der Waals surface area contributed by atoms with E-state index in [2.05, 4.69) is 6.07 Å². The fraction of sp³-hybridized carbons (Fsp3) is 0.455. The summed E-state index contributed by atoms with van der Waals surface area (Å²) in [5.41, 5.74) is 2.26. The van der Waals surface area contributed by atoms with Gasteiger partial charge in [0, 0.05) is 0 Å². The summed E-state index contributed by atoms with van der Waals surface area (Å²) in [7, 11) is 1.68. The van der Waals surface area contributed by atoms with Crippen molar-refractivity contribution in [1.82, 2.24) is 0 Å². The molecule has 0 radical (unpaired) electrons. The van der Waals surface area contributed by atoms with E-state index < -0.39 is 6.10 Å². The van der Waals surface area contributed by atoms with Crippen LogP contribution in [-0.2, 0) is 20.5 Å². The maximum absolute atomic E-state index is 9.59. The summed E-state index contributed by atoms with van der Waals surface area (Å²) < 4.78 is 10.1. The van der Waals surface area contributed by atoms with Gasteiger partial charge in [-0.1, -0.05) is 0 Å². The van der Waals surface area contributed by atoms with Crippen LogP contribution in [0.15, 0.2) is 24.3 Å². The molecule has 4 heteroatoms. The van der Waals surface area contributed by atoms with Crippen molar-refractivity contribution in [3.8, 4) is 0 Å². The van der Waals surface area contributed by atoms with Crippen LogP contribution < -0.4 is 0 Å². The van der Waals surface area contributed by atoms with Gasteiger partial charge in [-0.25, -0.2) is 0 Å². The first-order valence-corrected chi connectivity index (χ1v) is 6.66. The molecule has 0 aliphatic heterocycles. The molecule has 0 amide bonds. The fourth-order valence-corrected chi connectivity index (χ4v) is 2.32. The molecule has 15 heavy (non-hydrogen) atoms. The number of hydrogen-bond acceptors (Lipinski definition) is 3. The number of aliphatic hydroxyl groups is 1. The Labute approximate surface area is 107 Å². The summed E-state index contributed by atoms with van der Waals surface area (Å²) in [6.45, 7) is 1.06. The van der Waals surface area contributed by atoms with Crippen LogP contribution in [0.25, 0.3) is 0 Å². The van der Waals surface area contributed by atoms with Gasteiger partial charge >= 0.3 is 107 Å². The first-order valence-electron chi connectivity index (χ1n) is 4.82. The van der Waals surface area contributed by atoms with Gasteiger partial charge in [0.1, 0.15) is 0 Å². The predicted molar refractivity (Wildman–Crippen MR) is 58.6 cm³/mol. The van der Waals surface area contributed by atoms with Crippen molar-refractivity contribution in [3.63, 3.8) is 0 Å². The minimum atomic E-state index is -0.396. The number of methoxy groups -OCH3 is 1. The Bertz CT molecular complexity index is 291. The van der Waals surface area contributed by atoms with Crippen molar-refractivity contribution in [1.29, 1.82) is 0 Å². The van der Waals surface area contributed by atoms with Gasteiger partial charge in [-0.2, -0.15) is 0 Å². The zero-order chi connectivity index (χ0) is 11.1. The second-order valence-electron chi connectivity index (χ2n) is 3.44. The molecule has 0 saturated carbocycles. The van der Waals surface area contributed by atoms with E-state index in [4.69, 9.17) is 7.42 Å². The molecule has 0 unspecified atom stereocenters. The molecule has 80 valence electrons. The normalized spacial score (nSPS) is 12.6. The first-order chi connectivity index (χ1) is 7.26. The quantitative estimate of drug-likeness (QED) is 0.721. The summed E-state index contributed by atoms with van der Waals surface area (Å²) >= 11 is 0.490. The van der Waals surface area contributed by atoms with Gasteiger partial charge in [0.2, 0.25) is 0 Å². The van der Waals surface area contributed by atoms with Crippen molar-refractivity contribution in [3.05, 3.63) is 35.4 Å². The van der Waals surface area contributed by atoms with Crippen molar-refractivity contribution >= 4 is 26.2 Å². The number of hydrogen-bond donors (Lipinski definition) is 1. The fourth-order valence-electron chi connectivity index (χ4n) is 1.46. The minimum absolute atomic E-state index is 0.396. The zero-order valence-electron chi connectivity index (χ0n) is 8.85. The third-order valence-electron chi connectivity index (χ3n) is 2.06. The van der Waals surface area contributed by atoms with Crippen LogP contribution in [0, 0.1) is 0 Å². The molecular weight excluding hydrogens is 385 g/mol. The van der Waals surface area contributed by atoms with Crippen LogP contribution in [0.5, 0.6) is 0 Å². The molecule has 1 N–H and O–H groups in total. The Morgan fingerprint density at radius 2 is 2.13 bits per heavy atom. The molecule has 1 atom stereocenters. The van der Waals surface area contributed by atoms with E-state index in [1.54, 1.807) is 7.11 Å². The van der Waals surface area contributed by atoms with E-state index in [-0.39, 0.29) is 0 Å². The standard InChI is InChI=1S/C11H15O3.Tl/c1-14-8-10-4-2-3-9(5-10)6-11(13)7-12;/h2-5,11,13H,6-8H2,1H3;/q-1;+1/t11-;/m0./s1. The monoisotopic (exact) mass is 400 g/mol. The summed E-state index contributed by atoms with van der Waals surface area (Å²) in [5.74, 6) is 0.